The zero-order chi connectivity index (χ0) is 26.5. The monoisotopic (exact) mass is 504 g/mol. The molecule has 0 saturated carbocycles. The van der Waals surface area contributed by atoms with Crippen LogP contribution in [0.15, 0.2) is 53.8 Å². The number of hydrogen-bond donors (Lipinski definition) is 1. The number of aromatic nitrogens is 1. The number of nitrogens with zero attached hydrogens (tertiary/aromatic N) is 5. The molecular formula is C30H44N6O. The van der Waals surface area contributed by atoms with Gasteiger partial charge in [0.25, 0.3) is 5.91 Å². The Morgan fingerprint density at radius 2 is 1.92 bits per heavy atom. The number of anilines is 1. The summed E-state index contributed by atoms with van der Waals surface area (Å²) in [7, 11) is 0. The summed E-state index contributed by atoms with van der Waals surface area (Å²) >= 11 is 0. The summed E-state index contributed by atoms with van der Waals surface area (Å²) in [5, 5.41) is 4.19. The molecule has 0 spiro atoms. The van der Waals surface area contributed by atoms with Crippen LogP contribution in [0.2, 0.25) is 0 Å². The summed E-state index contributed by atoms with van der Waals surface area (Å²) in [6, 6.07) is 10.1. The molecule has 37 heavy (non-hydrogen) atoms. The zero-order valence-electron chi connectivity index (χ0n) is 23.1. The fraction of sp³-hybridized carbons (Fsp3) is 0.500. The third-order valence-electron chi connectivity index (χ3n) is 6.91. The molecule has 1 fully saturated rings. The van der Waals surface area contributed by atoms with E-state index in [1.165, 1.54) is 19.4 Å². The largest absolute Gasteiger partial charge is 0.336 e. The molecule has 1 aliphatic heterocycles. The van der Waals surface area contributed by atoms with E-state index in [1.54, 1.807) is 6.21 Å². The lowest BCUT2D eigenvalue weighted by Crippen LogP contribution is -2.49. The van der Waals surface area contributed by atoms with Crippen LogP contribution in [0.25, 0.3) is 11.1 Å². The van der Waals surface area contributed by atoms with E-state index in [4.69, 9.17) is 0 Å². The summed E-state index contributed by atoms with van der Waals surface area (Å²) in [5.74, 6) is 0.867. The highest BCUT2D eigenvalue weighted by molar-refractivity contribution is 5.95. The van der Waals surface area contributed by atoms with Gasteiger partial charge in [-0.1, -0.05) is 39.0 Å². The summed E-state index contributed by atoms with van der Waals surface area (Å²) in [6.07, 6.45) is 10.6. The van der Waals surface area contributed by atoms with Gasteiger partial charge in [-0.15, -0.1) is 0 Å². The molecular weight excluding hydrogens is 460 g/mol. The SMILES string of the molecule is C/C=C/C=N/Nc1ncc(-c2cccc(C(=O)N3CCN(CCCN(CC)CCC)CC3)c2)cc1CC. The number of allylic oxidation sites excluding steroid dienone is 2. The van der Waals surface area contributed by atoms with Gasteiger partial charge in [0.1, 0.15) is 5.82 Å². The highest BCUT2D eigenvalue weighted by atomic mass is 16.2. The third kappa shape index (κ3) is 8.51. The van der Waals surface area contributed by atoms with Crippen LogP contribution in [0, 0.1) is 0 Å². The fourth-order valence-corrected chi connectivity index (χ4v) is 4.72. The summed E-state index contributed by atoms with van der Waals surface area (Å²) < 4.78 is 0. The van der Waals surface area contributed by atoms with Crippen LogP contribution in [-0.4, -0.2) is 84.2 Å². The van der Waals surface area contributed by atoms with E-state index in [0.717, 1.165) is 80.3 Å². The molecule has 1 aromatic carbocycles. The zero-order valence-corrected chi connectivity index (χ0v) is 23.1. The second-order valence-electron chi connectivity index (χ2n) is 9.50. The first-order valence-corrected chi connectivity index (χ1v) is 13.8. The van der Waals surface area contributed by atoms with Crippen LogP contribution in [0.4, 0.5) is 5.82 Å². The van der Waals surface area contributed by atoms with Crippen LogP contribution in [-0.2, 0) is 6.42 Å². The molecule has 1 aliphatic rings. The number of carbonyl (C=O) groups is 1. The van der Waals surface area contributed by atoms with Crippen molar-refractivity contribution in [2.24, 2.45) is 5.10 Å². The second-order valence-corrected chi connectivity index (χ2v) is 9.50. The molecule has 0 bridgehead atoms. The molecule has 0 radical (unpaired) electrons. The Hall–Kier alpha value is -3.03. The predicted molar refractivity (Wildman–Crippen MR) is 155 cm³/mol. The number of hydrazone groups is 1. The molecule has 0 aliphatic carbocycles. The van der Waals surface area contributed by atoms with Crippen molar-refractivity contribution in [1.82, 2.24) is 19.7 Å². The highest BCUT2D eigenvalue weighted by Gasteiger charge is 2.22. The average Bonchev–Trinajstić information content (AvgIpc) is 2.95. The van der Waals surface area contributed by atoms with Crippen LogP contribution in [0.5, 0.6) is 0 Å². The van der Waals surface area contributed by atoms with Crippen molar-refractivity contribution in [3.8, 4) is 11.1 Å². The summed E-state index contributed by atoms with van der Waals surface area (Å²) in [4.78, 5) is 24.9. The Morgan fingerprint density at radius 1 is 1.11 bits per heavy atom. The van der Waals surface area contributed by atoms with E-state index in [0.29, 0.717) is 0 Å². The van der Waals surface area contributed by atoms with Gasteiger partial charge in [0.15, 0.2) is 0 Å². The lowest BCUT2D eigenvalue weighted by Gasteiger charge is -2.35. The summed E-state index contributed by atoms with van der Waals surface area (Å²) in [6.45, 7) is 16.6. The number of carbonyl (C=O) groups excluding carboxylic acids is 1. The molecule has 3 rings (SSSR count). The van der Waals surface area contributed by atoms with Crippen molar-refractivity contribution in [2.75, 3.05) is 57.8 Å². The number of aryl methyl sites for hydroxylation is 1. The lowest BCUT2D eigenvalue weighted by molar-refractivity contribution is 0.0632. The van der Waals surface area contributed by atoms with Crippen LogP contribution in [0.3, 0.4) is 0 Å². The van der Waals surface area contributed by atoms with Gasteiger partial charge in [-0.05, 0) is 87.8 Å². The number of piperazine rings is 1. The van der Waals surface area contributed by atoms with Crippen LogP contribution >= 0.6 is 0 Å². The Morgan fingerprint density at radius 3 is 2.62 bits per heavy atom. The maximum Gasteiger partial charge on any atom is 0.253 e. The lowest BCUT2D eigenvalue weighted by atomic mass is 10.0. The molecule has 1 amide bonds. The molecule has 7 nitrogen and oxygen atoms in total. The van der Waals surface area contributed by atoms with Crippen LogP contribution < -0.4 is 5.43 Å². The number of pyridine rings is 1. The molecule has 1 saturated heterocycles. The first kappa shape index (κ1) is 28.5. The van der Waals surface area contributed by atoms with E-state index in [2.05, 4.69) is 52.1 Å². The second kappa shape index (κ2) is 15.3. The van der Waals surface area contributed by atoms with E-state index < -0.39 is 0 Å². The van der Waals surface area contributed by atoms with E-state index >= 15 is 0 Å². The van der Waals surface area contributed by atoms with E-state index in [9.17, 15) is 4.79 Å². The minimum atomic E-state index is 0.113. The molecule has 1 aromatic heterocycles. The van der Waals surface area contributed by atoms with Gasteiger partial charge >= 0.3 is 0 Å². The molecule has 1 N–H and O–H groups in total. The van der Waals surface area contributed by atoms with Gasteiger partial charge < -0.3 is 9.80 Å². The predicted octanol–water partition coefficient (Wildman–Crippen LogP) is 5.16. The van der Waals surface area contributed by atoms with Gasteiger partial charge in [0.05, 0.1) is 0 Å². The topological polar surface area (TPSA) is 64.1 Å². The molecule has 0 atom stereocenters. The Balaban J connectivity index is 1.58. The Kier molecular flexibility index (Phi) is 11.8. The fourth-order valence-electron chi connectivity index (χ4n) is 4.72. The van der Waals surface area contributed by atoms with Gasteiger partial charge in [-0.3, -0.25) is 15.1 Å². The van der Waals surface area contributed by atoms with Gasteiger partial charge in [-0.25, -0.2) is 4.98 Å². The first-order valence-electron chi connectivity index (χ1n) is 13.8. The van der Waals surface area contributed by atoms with Gasteiger partial charge in [0.2, 0.25) is 0 Å². The minimum Gasteiger partial charge on any atom is -0.336 e. The maximum absolute atomic E-state index is 13.3. The number of rotatable bonds is 13. The molecule has 2 heterocycles. The molecule has 200 valence electrons. The number of hydrogen-bond acceptors (Lipinski definition) is 6. The normalized spacial score (nSPS) is 14.8. The number of amides is 1. The van der Waals surface area contributed by atoms with Crippen molar-refractivity contribution in [1.29, 1.82) is 0 Å². The van der Waals surface area contributed by atoms with E-state index in [-0.39, 0.29) is 5.91 Å². The van der Waals surface area contributed by atoms with Crippen molar-refractivity contribution in [3.05, 3.63) is 59.8 Å². The third-order valence-corrected chi connectivity index (χ3v) is 6.91. The first-order chi connectivity index (χ1) is 18.1. The smallest absolute Gasteiger partial charge is 0.253 e. The minimum absolute atomic E-state index is 0.113. The van der Waals surface area contributed by atoms with Crippen LogP contribution in [0.1, 0.15) is 56.5 Å². The van der Waals surface area contributed by atoms with Crippen molar-refractivity contribution < 1.29 is 4.79 Å². The Labute approximate surface area is 223 Å². The summed E-state index contributed by atoms with van der Waals surface area (Å²) in [5.41, 5.74) is 6.85. The standard InChI is InChI=1S/C30H44N6O/c1-5-9-14-32-33-29-25(7-3)22-28(24-31-29)26-12-10-13-27(23-26)30(37)36-20-18-35(19-21-36)17-11-16-34(8-4)15-6-2/h5,9-10,12-14,22-24H,6-8,11,15-21H2,1-4H3,(H,31,33)/b9-5+,32-14+. The molecule has 7 heteroatoms. The van der Waals surface area contributed by atoms with Gasteiger partial charge in [-0.2, -0.15) is 5.10 Å². The van der Waals surface area contributed by atoms with Crippen molar-refractivity contribution >= 4 is 17.9 Å². The van der Waals surface area contributed by atoms with Crippen molar-refractivity contribution in [3.63, 3.8) is 0 Å². The maximum atomic E-state index is 13.3. The quantitative estimate of drug-likeness (QED) is 0.301. The molecule has 2 aromatic rings. The molecule has 0 unspecified atom stereocenters. The average molecular weight is 505 g/mol. The number of nitrogens with one attached hydrogen (secondary N) is 1. The highest BCUT2D eigenvalue weighted by Crippen LogP contribution is 2.25. The van der Waals surface area contributed by atoms with Gasteiger partial charge in [0, 0.05) is 49.7 Å². The van der Waals surface area contributed by atoms with E-state index in [1.807, 2.05) is 54.4 Å². The number of benzene rings is 1. The van der Waals surface area contributed by atoms with Crippen molar-refractivity contribution in [2.45, 2.75) is 47.0 Å². The Bertz CT molecular complexity index is 1040.